The van der Waals surface area contributed by atoms with Crippen LogP contribution in [0.2, 0.25) is 5.22 Å². The molecule has 2 aromatic heterocycles. The van der Waals surface area contributed by atoms with E-state index in [9.17, 15) is 4.79 Å². The van der Waals surface area contributed by atoms with Gasteiger partial charge < -0.3 is 14.6 Å². The summed E-state index contributed by atoms with van der Waals surface area (Å²) in [5.74, 6) is 0.848. The van der Waals surface area contributed by atoms with Gasteiger partial charge in [-0.25, -0.2) is 4.98 Å². The van der Waals surface area contributed by atoms with Gasteiger partial charge in [0.15, 0.2) is 11.0 Å². The van der Waals surface area contributed by atoms with Gasteiger partial charge in [0, 0.05) is 13.1 Å². The van der Waals surface area contributed by atoms with Crippen LogP contribution >= 0.6 is 11.6 Å². The lowest BCUT2D eigenvalue weighted by molar-refractivity contribution is 0.0996. The van der Waals surface area contributed by atoms with Crippen molar-refractivity contribution in [3.8, 4) is 0 Å². The lowest BCUT2D eigenvalue weighted by Gasteiger charge is -2.29. The molecule has 0 atom stereocenters. The molecular formula is C16H18ClN3O2. The number of halogens is 1. The van der Waals surface area contributed by atoms with Gasteiger partial charge >= 0.3 is 0 Å². The summed E-state index contributed by atoms with van der Waals surface area (Å²) >= 11 is 5.67. The van der Waals surface area contributed by atoms with Gasteiger partial charge in [-0.05, 0) is 61.5 Å². The van der Waals surface area contributed by atoms with E-state index in [4.69, 9.17) is 16.0 Å². The number of hydrogen-bond donors (Lipinski definition) is 1. The average molecular weight is 320 g/mol. The molecule has 1 amide bonds. The fraction of sp³-hybridized carbons (Fsp3) is 0.375. The van der Waals surface area contributed by atoms with E-state index in [2.05, 4.69) is 15.2 Å². The van der Waals surface area contributed by atoms with E-state index in [0.29, 0.717) is 5.69 Å². The molecule has 0 radical (unpaired) electrons. The quantitative estimate of drug-likeness (QED) is 0.932. The van der Waals surface area contributed by atoms with Crippen molar-refractivity contribution in [2.75, 3.05) is 23.3 Å². The van der Waals surface area contributed by atoms with E-state index in [1.165, 1.54) is 19.3 Å². The van der Waals surface area contributed by atoms with Gasteiger partial charge in [-0.1, -0.05) is 0 Å². The number of furan rings is 1. The van der Waals surface area contributed by atoms with Crippen LogP contribution in [0.1, 0.15) is 35.4 Å². The van der Waals surface area contributed by atoms with Crippen LogP contribution in [-0.4, -0.2) is 24.0 Å². The van der Waals surface area contributed by atoms with Crippen LogP contribution in [0.15, 0.2) is 28.8 Å². The minimum atomic E-state index is -0.334. The highest BCUT2D eigenvalue weighted by atomic mass is 35.5. The van der Waals surface area contributed by atoms with Crippen LogP contribution < -0.4 is 10.2 Å². The molecule has 0 saturated carbocycles. The van der Waals surface area contributed by atoms with Gasteiger partial charge in [0.05, 0.1) is 11.9 Å². The first-order valence-corrected chi connectivity index (χ1v) is 7.79. The van der Waals surface area contributed by atoms with Crippen LogP contribution in [0.5, 0.6) is 0 Å². The Bertz CT molecular complexity index is 678. The number of carbonyl (C=O) groups excluding carboxylic acids is 1. The van der Waals surface area contributed by atoms with Crippen LogP contribution in [0.25, 0.3) is 0 Å². The molecule has 1 fully saturated rings. The van der Waals surface area contributed by atoms with Crippen molar-refractivity contribution >= 4 is 29.0 Å². The van der Waals surface area contributed by atoms with Crippen molar-refractivity contribution in [1.82, 2.24) is 4.98 Å². The minimum absolute atomic E-state index is 0.183. The second-order valence-electron chi connectivity index (χ2n) is 5.47. The highest BCUT2D eigenvalue weighted by molar-refractivity contribution is 6.29. The Morgan fingerprint density at radius 2 is 2.09 bits per heavy atom. The van der Waals surface area contributed by atoms with E-state index in [1.807, 2.05) is 13.0 Å². The second-order valence-corrected chi connectivity index (χ2v) is 5.84. The highest BCUT2D eigenvalue weighted by Crippen LogP contribution is 2.24. The topological polar surface area (TPSA) is 58.4 Å². The van der Waals surface area contributed by atoms with Crippen molar-refractivity contribution < 1.29 is 9.21 Å². The molecule has 6 heteroatoms. The highest BCUT2D eigenvalue weighted by Gasteiger charge is 2.16. The number of nitrogens with zero attached hydrogens (tertiary/aromatic N) is 2. The van der Waals surface area contributed by atoms with Gasteiger partial charge in [-0.15, -0.1) is 0 Å². The number of hydrogen-bond acceptors (Lipinski definition) is 4. The summed E-state index contributed by atoms with van der Waals surface area (Å²) in [5.41, 5.74) is 1.70. The molecular weight excluding hydrogens is 302 g/mol. The summed E-state index contributed by atoms with van der Waals surface area (Å²) in [4.78, 5) is 18.8. The van der Waals surface area contributed by atoms with E-state index in [1.54, 1.807) is 18.3 Å². The number of rotatable bonds is 3. The van der Waals surface area contributed by atoms with E-state index < -0.39 is 0 Å². The Labute approximate surface area is 134 Å². The van der Waals surface area contributed by atoms with E-state index in [0.717, 1.165) is 24.5 Å². The Hall–Kier alpha value is -2.01. The largest absolute Gasteiger partial charge is 0.440 e. The number of anilines is 2. The van der Waals surface area contributed by atoms with Crippen molar-refractivity contribution in [3.05, 3.63) is 40.9 Å². The SMILES string of the molecule is Cc1cc(NC(=O)c2ccc(Cl)o2)cnc1N1CCCCC1. The fourth-order valence-electron chi connectivity index (χ4n) is 2.70. The predicted molar refractivity (Wildman–Crippen MR) is 86.7 cm³/mol. The minimum Gasteiger partial charge on any atom is -0.440 e. The molecule has 1 aliphatic heterocycles. The first-order chi connectivity index (χ1) is 10.6. The molecule has 116 valence electrons. The molecule has 0 unspecified atom stereocenters. The second kappa shape index (κ2) is 6.40. The van der Waals surface area contributed by atoms with Gasteiger partial charge in [0.1, 0.15) is 5.82 Å². The van der Waals surface area contributed by atoms with Crippen LogP contribution in [0.3, 0.4) is 0 Å². The average Bonchev–Trinajstić information content (AvgIpc) is 2.95. The van der Waals surface area contributed by atoms with Gasteiger partial charge in [0.2, 0.25) is 0 Å². The number of aryl methyl sites for hydroxylation is 1. The van der Waals surface area contributed by atoms with Gasteiger partial charge in [-0.3, -0.25) is 4.79 Å². The Kier molecular flexibility index (Phi) is 4.34. The first-order valence-electron chi connectivity index (χ1n) is 7.42. The van der Waals surface area contributed by atoms with Gasteiger partial charge in [-0.2, -0.15) is 0 Å². The number of nitrogens with one attached hydrogen (secondary N) is 1. The number of carbonyl (C=O) groups is 1. The van der Waals surface area contributed by atoms with Crippen molar-refractivity contribution in [3.63, 3.8) is 0 Å². The third kappa shape index (κ3) is 3.25. The standard InChI is InChI=1S/C16H18ClN3O2/c1-11-9-12(19-16(21)13-5-6-14(17)22-13)10-18-15(11)20-7-3-2-4-8-20/h5-6,9-10H,2-4,7-8H2,1H3,(H,19,21). The summed E-state index contributed by atoms with van der Waals surface area (Å²) < 4.78 is 5.09. The summed E-state index contributed by atoms with van der Waals surface area (Å²) in [7, 11) is 0. The Balaban J connectivity index is 1.72. The monoisotopic (exact) mass is 319 g/mol. The molecule has 1 aliphatic rings. The molecule has 0 spiro atoms. The molecule has 1 saturated heterocycles. The molecule has 5 nitrogen and oxygen atoms in total. The number of pyridine rings is 1. The lowest BCUT2D eigenvalue weighted by atomic mass is 10.1. The molecule has 0 aromatic carbocycles. The van der Waals surface area contributed by atoms with Crippen LogP contribution in [0.4, 0.5) is 11.5 Å². The molecule has 1 N–H and O–H groups in total. The predicted octanol–water partition coefficient (Wildman–Crippen LogP) is 3.88. The van der Waals surface area contributed by atoms with E-state index in [-0.39, 0.29) is 16.9 Å². The third-order valence-electron chi connectivity index (χ3n) is 3.76. The molecule has 3 rings (SSSR count). The zero-order valence-corrected chi connectivity index (χ0v) is 13.2. The maximum Gasteiger partial charge on any atom is 0.291 e. The first kappa shape index (κ1) is 14.9. The Morgan fingerprint density at radius 1 is 1.32 bits per heavy atom. The summed E-state index contributed by atoms with van der Waals surface area (Å²) in [6.07, 6.45) is 5.38. The van der Waals surface area contributed by atoms with Crippen molar-refractivity contribution in [2.24, 2.45) is 0 Å². The molecule has 22 heavy (non-hydrogen) atoms. The van der Waals surface area contributed by atoms with Crippen molar-refractivity contribution in [2.45, 2.75) is 26.2 Å². The molecule has 0 aliphatic carbocycles. The lowest BCUT2D eigenvalue weighted by Crippen LogP contribution is -2.30. The fourth-order valence-corrected chi connectivity index (χ4v) is 2.85. The summed E-state index contributed by atoms with van der Waals surface area (Å²) in [5, 5.41) is 2.96. The summed E-state index contributed by atoms with van der Waals surface area (Å²) in [6, 6.07) is 5.01. The maximum absolute atomic E-state index is 12.0. The van der Waals surface area contributed by atoms with Crippen LogP contribution in [-0.2, 0) is 0 Å². The smallest absolute Gasteiger partial charge is 0.291 e. The molecule has 2 aromatic rings. The van der Waals surface area contributed by atoms with Crippen molar-refractivity contribution in [1.29, 1.82) is 0 Å². The number of amides is 1. The zero-order valence-electron chi connectivity index (χ0n) is 12.4. The zero-order chi connectivity index (χ0) is 15.5. The Morgan fingerprint density at radius 3 is 2.73 bits per heavy atom. The molecule has 3 heterocycles. The maximum atomic E-state index is 12.0. The number of piperidine rings is 1. The van der Waals surface area contributed by atoms with Crippen LogP contribution in [0, 0.1) is 6.92 Å². The summed E-state index contributed by atoms with van der Waals surface area (Å²) in [6.45, 7) is 4.10. The number of aromatic nitrogens is 1. The van der Waals surface area contributed by atoms with Gasteiger partial charge in [0.25, 0.3) is 5.91 Å². The third-order valence-corrected chi connectivity index (χ3v) is 3.96. The van der Waals surface area contributed by atoms with E-state index >= 15 is 0 Å². The molecule has 0 bridgehead atoms. The normalized spacial score (nSPS) is 14.9.